The van der Waals surface area contributed by atoms with Crippen molar-refractivity contribution in [3.63, 3.8) is 0 Å². The van der Waals surface area contributed by atoms with Gasteiger partial charge in [0.15, 0.2) is 0 Å². The maximum Gasteiger partial charge on any atom is 0.0102 e. The van der Waals surface area contributed by atoms with Crippen LogP contribution in [0.15, 0.2) is 110 Å². The van der Waals surface area contributed by atoms with Crippen LogP contribution >= 0.6 is 0 Å². The van der Waals surface area contributed by atoms with E-state index in [2.05, 4.69) is 110 Å². The summed E-state index contributed by atoms with van der Waals surface area (Å²) in [5.41, 5.74) is 11.3. The Balaban J connectivity index is 0.976. The summed E-state index contributed by atoms with van der Waals surface area (Å²) in [6, 6.07) is 37.7. The molecule has 4 aromatic carbocycles. The maximum absolute atomic E-state index is 4.55. The Bertz CT molecular complexity index is 1320. The van der Waals surface area contributed by atoms with Crippen molar-refractivity contribution in [3.8, 4) is 22.3 Å². The van der Waals surface area contributed by atoms with E-state index in [1.165, 1.54) is 84.8 Å². The van der Waals surface area contributed by atoms with Gasteiger partial charge in [0.1, 0.15) is 0 Å². The largest absolute Gasteiger partial charge is 0.0952 e. The molecular weight excluding hydrogens is 456 g/mol. The van der Waals surface area contributed by atoms with Crippen molar-refractivity contribution in [2.24, 2.45) is 11.8 Å². The molecule has 0 amide bonds. The molecule has 192 valence electrons. The van der Waals surface area contributed by atoms with E-state index in [4.69, 9.17) is 0 Å². The number of benzene rings is 4. The highest BCUT2D eigenvalue weighted by atomic mass is 14.3. The fraction of sp³-hybridized carbons (Fsp3) is 0.316. The normalized spacial score (nSPS) is 18.6. The molecule has 2 aliphatic rings. The predicted molar refractivity (Wildman–Crippen MR) is 163 cm³/mol. The Morgan fingerprint density at radius 3 is 1.76 bits per heavy atom. The van der Waals surface area contributed by atoms with E-state index in [1.54, 1.807) is 11.1 Å². The summed E-state index contributed by atoms with van der Waals surface area (Å²) in [6.45, 7) is 4.55. The molecule has 0 heteroatoms. The molecule has 0 unspecified atom stereocenters. The summed E-state index contributed by atoms with van der Waals surface area (Å²) in [5.74, 6) is 2.29. The minimum Gasteiger partial charge on any atom is -0.0952 e. The molecule has 0 atom stereocenters. The summed E-state index contributed by atoms with van der Waals surface area (Å²) in [7, 11) is 0. The third kappa shape index (κ3) is 5.28. The molecule has 0 aromatic heterocycles. The second-order valence-electron chi connectivity index (χ2n) is 11.6. The summed E-state index contributed by atoms with van der Waals surface area (Å²) in [4.78, 5) is 0. The minimum absolute atomic E-state index is 0.586. The van der Waals surface area contributed by atoms with Gasteiger partial charge in [-0.1, -0.05) is 142 Å². The standard InChI is InChI=1S/C38H40/c1-28(32-16-7-8-17-33(32)31-14-3-2-4-15-31)27-30-25-23-29(24-26-30)13-5-6-18-34-35-19-9-11-21-37(35)38-22-12-10-20-36(34)38/h2-4,7-12,14-17,19-22,29-30,34H,1,5-6,13,18,23-27H2. The molecule has 0 heterocycles. The van der Waals surface area contributed by atoms with E-state index in [-0.39, 0.29) is 0 Å². The van der Waals surface area contributed by atoms with Crippen LogP contribution in [0.25, 0.3) is 27.8 Å². The first-order valence-corrected chi connectivity index (χ1v) is 14.8. The Labute approximate surface area is 229 Å². The number of unbranched alkanes of at least 4 members (excludes halogenated alkanes) is 1. The van der Waals surface area contributed by atoms with Crippen LogP contribution in [0.3, 0.4) is 0 Å². The summed E-state index contributed by atoms with van der Waals surface area (Å²) in [6.07, 6.45) is 12.0. The minimum atomic E-state index is 0.586. The summed E-state index contributed by atoms with van der Waals surface area (Å²) >= 11 is 0. The van der Waals surface area contributed by atoms with E-state index >= 15 is 0 Å². The lowest BCUT2D eigenvalue weighted by Gasteiger charge is -2.29. The van der Waals surface area contributed by atoms with Crippen molar-refractivity contribution in [2.45, 2.75) is 63.7 Å². The molecule has 6 rings (SSSR count). The van der Waals surface area contributed by atoms with Crippen LogP contribution in [-0.4, -0.2) is 0 Å². The predicted octanol–water partition coefficient (Wildman–Crippen LogP) is 10.9. The van der Waals surface area contributed by atoms with Gasteiger partial charge in [0.25, 0.3) is 0 Å². The Morgan fingerprint density at radius 2 is 1.08 bits per heavy atom. The molecular formula is C38H40. The Kier molecular flexibility index (Phi) is 7.59. The third-order valence-electron chi connectivity index (χ3n) is 9.21. The zero-order valence-corrected chi connectivity index (χ0v) is 22.6. The quantitative estimate of drug-likeness (QED) is 0.202. The topological polar surface area (TPSA) is 0 Å². The van der Waals surface area contributed by atoms with Gasteiger partial charge in [-0.15, -0.1) is 0 Å². The molecule has 0 bridgehead atoms. The van der Waals surface area contributed by atoms with E-state index in [0.29, 0.717) is 5.92 Å². The lowest BCUT2D eigenvalue weighted by Crippen LogP contribution is -2.15. The van der Waals surface area contributed by atoms with Crippen molar-refractivity contribution >= 4 is 5.57 Å². The Morgan fingerprint density at radius 1 is 0.553 bits per heavy atom. The highest BCUT2D eigenvalue weighted by Crippen LogP contribution is 2.47. The average molecular weight is 497 g/mol. The lowest BCUT2D eigenvalue weighted by molar-refractivity contribution is 0.261. The first-order chi connectivity index (χ1) is 18.8. The summed E-state index contributed by atoms with van der Waals surface area (Å²) < 4.78 is 0. The van der Waals surface area contributed by atoms with E-state index in [0.717, 1.165) is 18.3 Å². The molecule has 0 radical (unpaired) electrons. The fourth-order valence-corrected chi connectivity index (χ4v) is 7.20. The smallest absolute Gasteiger partial charge is 0.0102 e. The van der Waals surface area contributed by atoms with Crippen LogP contribution in [0.5, 0.6) is 0 Å². The summed E-state index contributed by atoms with van der Waals surface area (Å²) in [5, 5.41) is 0. The maximum atomic E-state index is 4.55. The number of hydrogen-bond acceptors (Lipinski definition) is 0. The molecule has 1 fully saturated rings. The van der Waals surface area contributed by atoms with E-state index < -0.39 is 0 Å². The zero-order valence-electron chi connectivity index (χ0n) is 22.6. The first-order valence-electron chi connectivity index (χ1n) is 14.8. The molecule has 1 saturated carbocycles. The van der Waals surface area contributed by atoms with Gasteiger partial charge in [-0.3, -0.25) is 0 Å². The zero-order chi connectivity index (χ0) is 25.7. The van der Waals surface area contributed by atoms with Crippen LogP contribution in [0.1, 0.15) is 80.4 Å². The van der Waals surface area contributed by atoms with Crippen LogP contribution in [0.4, 0.5) is 0 Å². The number of fused-ring (bicyclic) bond motifs is 3. The molecule has 38 heavy (non-hydrogen) atoms. The third-order valence-corrected chi connectivity index (χ3v) is 9.21. The number of allylic oxidation sites excluding steroid dienone is 1. The van der Waals surface area contributed by atoms with E-state index in [9.17, 15) is 0 Å². The van der Waals surface area contributed by atoms with Gasteiger partial charge in [-0.2, -0.15) is 0 Å². The SMILES string of the molecule is C=C(CC1CCC(CCCCC2c3ccccc3-c3ccccc32)CC1)c1ccccc1-c1ccccc1. The molecule has 0 saturated heterocycles. The first kappa shape index (κ1) is 24.9. The Hall–Kier alpha value is -3.38. The molecule has 0 nitrogen and oxygen atoms in total. The molecule has 0 spiro atoms. The lowest BCUT2D eigenvalue weighted by atomic mass is 9.76. The van der Waals surface area contributed by atoms with Crippen molar-refractivity contribution < 1.29 is 0 Å². The van der Waals surface area contributed by atoms with Crippen molar-refractivity contribution in [1.29, 1.82) is 0 Å². The van der Waals surface area contributed by atoms with Gasteiger partial charge in [-0.25, -0.2) is 0 Å². The molecule has 2 aliphatic carbocycles. The van der Waals surface area contributed by atoms with Gasteiger partial charge < -0.3 is 0 Å². The molecule has 0 N–H and O–H groups in total. The van der Waals surface area contributed by atoms with Crippen LogP contribution in [0.2, 0.25) is 0 Å². The fourth-order valence-electron chi connectivity index (χ4n) is 7.20. The second-order valence-corrected chi connectivity index (χ2v) is 11.6. The van der Waals surface area contributed by atoms with Gasteiger partial charge >= 0.3 is 0 Å². The highest BCUT2D eigenvalue weighted by molar-refractivity contribution is 5.80. The van der Waals surface area contributed by atoms with Crippen molar-refractivity contribution in [1.82, 2.24) is 0 Å². The van der Waals surface area contributed by atoms with E-state index in [1.807, 2.05) is 0 Å². The number of rotatable bonds is 9. The average Bonchev–Trinajstić information content (AvgIpc) is 3.30. The highest BCUT2D eigenvalue weighted by Gasteiger charge is 2.28. The molecule has 4 aromatic rings. The van der Waals surface area contributed by atoms with Crippen LogP contribution < -0.4 is 0 Å². The number of hydrogen-bond donors (Lipinski definition) is 0. The van der Waals surface area contributed by atoms with Crippen LogP contribution in [0, 0.1) is 11.8 Å². The monoisotopic (exact) mass is 496 g/mol. The van der Waals surface area contributed by atoms with Gasteiger partial charge in [0, 0.05) is 5.92 Å². The van der Waals surface area contributed by atoms with Gasteiger partial charge in [0.05, 0.1) is 0 Å². The van der Waals surface area contributed by atoms with Gasteiger partial charge in [-0.05, 0) is 82.0 Å². The van der Waals surface area contributed by atoms with Crippen molar-refractivity contribution in [3.05, 3.63) is 126 Å². The molecule has 0 aliphatic heterocycles. The second kappa shape index (κ2) is 11.6. The van der Waals surface area contributed by atoms with Gasteiger partial charge in [0.2, 0.25) is 0 Å². The van der Waals surface area contributed by atoms with Crippen molar-refractivity contribution in [2.75, 3.05) is 0 Å². The van der Waals surface area contributed by atoms with Crippen LogP contribution in [-0.2, 0) is 0 Å².